The zero-order valence-corrected chi connectivity index (χ0v) is 17.0. The third-order valence-electron chi connectivity index (χ3n) is 4.30. The van der Waals surface area contributed by atoms with Gasteiger partial charge in [0.25, 0.3) is 10.0 Å². The average Bonchev–Trinajstić information content (AvgIpc) is 2.99. The largest absolute Gasteiger partial charge is 0.494 e. The molecular weight excluding hydrogens is 416 g/mol. The highest BCUT2D eigenvalue weighted by molar-refractivity contribution is 7.90. The molecule has 0 bridgehead atoms. The summed E-state index contributed by atoms with van der Waals surface area (Å²) in [7, 11) is -3.02. The first-order valence-electron chi connectivity index (χ1n) is 8.76. The minimum absolute atomic E-state index is 0.0270. The number of hydrazone groups is 1. The Morgan fingerprint density at radius 2 is 2.00 bits per heavy atom. The van der Waals surface area contributed by atoms with E-state index in [2.05, 4.69) is 9.50 Å². The van der Waals surface area contributed by atoms with Gasteiger partial charge in [-0.1, -0.05) is 18.2 Å². The highest BCUT2D eigenvalue weighted by Gasteiger charge is 2.33. The second-order valence-corrected chi connectivity index (χ2v) is 7.85. The molecule has 0 aliphatic carbocycles. The summed E-state index contributed by atoms with van der Waals surface area (Å²) in [5.41, 5.74) is 0.819. The molecule has 0 unspecified atom stereocenters. The lowest BCUT2D eigenvalue weighted by Gasteiger charge is -2.18. The number of hydrogen-bond donors (Lipinski definition) is 2. The smallest absolute Gasteiger partial charge is 0.488 e. The lowest BCUT2D eigenvalue weighted by molar-refractivity contribution is 0.178. The second-order valence-electron chi connectivity index (χ2n) is 6.27. The zero-order chi connectivity index (χ0) is 21.9. The molecule has 0 atom stereocenters. The van der Waals surface area contributed by atoms with Crippen LogP contribution in [0.15, 0.2) is 50.8 Å². The van der Waals surface area contributed by atoms with Gasteiger partial charge in [0.15, 0.2) is 17.4 Å². The van der Waals surface area contributed by atoms with E-state index in [9.17, 15) is 22.9 Å². The van der Waals surface area contributed by atoms with Crippen LogP contribution in [0.2, 0.25) is 0 Å². The number of rotatable bonds is 7. The van der Waals surface area contributed by atoms with Gasteiger partial charge in [-0.3, -0.25) is 0 Å². The van der Waals surface area contributed by atoms with E-state index < -0.39 is 23.0 Å². The molecule has 0 fully saturated rings. The van der Waals surface area contributed by atoms with Crippen molar-refractivity contribution >= 4 is 34.7 Å². The standard InChI is InChI=1S/C18H19BFN3O6S/c1-28-8-7-23(21-11-12-3-6-15(20)16(9-12)29-2)18-14-5-4-13(19(24)25)10-17(14)30(26,27)22-18/h3-6,9-11,24-25H,7-8H2,1-2H3/b21-11+. The molecule has 12 heteroatoms. The minimum atomic E-state index is -4.04. The van der Waals surface area contributed by atoms with Gasteiger partial charge in [-0.05, 0) is 29.2 Å². The number of nitrogens with zero attached hydrogens (tertiary/aromatic N) is 3. The highest BCUT2D eigenvalue weighted by Crippen LogP contribution is 2.27. The summed E-state index contributed by atoms with van der Waals surface area (Å²) in [4.78, 5) is -0.149. The Hall–Kier alpha value is -2.80. The summed E-state index contributed by atoms with van der Waals surface area (Å²) < 4.78 is 52.4. The van der Waals surface area contributed by atoms with Crippen LogP contribution in [-0.2, 0) is 14.8 Å². The van der Waals surface area contributed by atoms with Crippen LogP contribution in [0.25, 0.3) is 0 Å². The van der Waals surface area contributed by atoms with Crippen LogP contribution < -0.4 is 10.2 Å². The molecule has 2 aromatic rings. The van der Waals surface area contributed by atoms with Crippen LogP contribution in [0, 0.1) is 5.82 Å². The van der Waals surface area contributed by atoms with Gasteiger partial charge >= 0.3 is 7.12 Å². The van der Waals surface area contributed by atoms with Crippen LogP contribution >= 0.6 is 0 Å². The van der Waals surface area contributed by atoms with E-state index in [1.165, 1.54) is 55.8 Å². The van der Waals surface area contributed by atoms with Crippen molar-refractivity contribution in [3.63, 3.8) is 0 Å². The van der Waals surface area contributed by atoms with Gasteiger partial charge in [-0.2, -0.15) is 13.5 Å². The highest BCUT2D eigenvalue weighted by atomic mass is 32.2. The van der Waals surface area contributed by atoms with Gasteiger partial charge in [0.05, 0.1) is 26.5 Å². The molecule has 1 aliphatic heterocycles. The maximum atomic E-state index is 13.6. The minimum Gasteiger partial charge on any atom is -0.494 e. The molecule has 2 N–H and O–H groups in total. The Labute approximate surface area is 173 Å². The first-order chi connectivity index (χ1) is 14.3. The Balaban J connectivity index is 1.99. The predicted molar refractivity (Wildman–Crippen MR) is 109 cm³/mol. The SMILES string of the molecule is COCCN(/N=C/c1ccc(F)c(OC)c1)C1=NS(=O)(=O)c2cc(B(O)O)ccc21. The lowest BCUT2D eigenvalue weighted by Crippen LogP contribution is -2.32. The summed E-state index contributed by atoms with van der Waals surface area (Å²) in [6, 6.07) is 8.16. The number of methoxy groups -OCH3 is 2. The number of amidine groups is 1. The van der Waals surface area contributed by atoms with E-state index in [1.807, 2.05) is 0 Å². The number of benzene rings is 2. The molecule has 0 saturated heterocycles. The first kappa shape index (κ1) is 21.9. The summed E-state index contributed by atoms with van der Waals surface area (Å²) in [6.07, 6.45) is 1.41. The van der Waals surface area contributed by atoms with E-state index in [1.54, 1.807) is 0 Å². The number of fused-ring (bicyclic) bond motifs is 1. The third-order valence-corrected chi connectivity index (χ3v) is 5.61. The van der Waals surface area contributed by atoms with Crippen molar-refractivity contribution in [2.45, 2.75) is 4.90 Å². The molecule has 1 aliphatic rings. The maximum absolute atomic E-state index is 13.6. The van der Waals surface area contributed by atoms with Crippen molar-refractivity contribution in [3.8, 4) is 5.75 Å². The molecule has 1 heterocycles. The van der Waals surface area contributed by atoms with Crippen molar-refractivity contribution < 1.29 is 32.3 Å². The van der Waals surface area contributed by atoms with Crippen LogP contribution in [0.4, 0.5) is 4.39 Å². The van der Waals surface area contributed by atoms with Crippen LogP contribution in [0.1, 0.15) is 11.1 Å². The van der Waals surface area contributed by atoms with E-state index >= 15 is 0 Å². The molecule has 0 spiro atoms. The van der Waals surface area contributed by atoms with Crippen molar-refractivity contribution in [3.05, 3.63) is 53.3 Å². The molecule has 30 heavy (non-hydrogen) atoms. The van der Waals surface area contributed by atoms with Crippen LogP contribution in [-0.4, -0.2) is 70.0 Å². The Kier molecular flexibility index (Phi) is 6.51. The van der Waals surface area contributed by atoms with Crippen LogP contribution in [0.3, 0.4) is 0 Å². The van der Waals surface area contributed by atoms with E-state index in [0.717, 1.165) is 6.07 Å². The quantitative estimate of drug-likeness (QED) is 0.355. The Morgan fingerprint density at radius 1 is 1.23 bits per heavy atom. The maximum Gasteiger partial charge on any atom is 0.488 e. The molecule has 9 nitrogen and oxygen atoms in total. The molecule has 0 aromatic heterocycles. The summed E-state index contributed by atoms with van der Waals surface area (Å²) in [5, 5.41) is 24.3. The molecule has 0 amide bonds. The lowest BCUT2D eigenvalue weighted by atomic mass is 9.80. The Morgan fingerprint density at radius 3 is 2.67 bits per heavy atom. The topological polar surface area (TPSA) is 121 Å². The first-order valence-corrected chi connectivity index (χ1v) is 10.2. The molecule has 2 aromatic carbocycles. The number of ether oxygens (including phenoxy) is 2. The van der Waals surface area contributed by atoms with Crippen molar-refractivity contribution in [1.82, 2.24) is 5.01 Å². The number of halogens is 1. The van der Waals surface area contributed by atoms with E-state index in [-0.39, 0.29) is 40.7 Å². The summed E-state index contributed by atoms with van der Waals surface area (Å²) in [6.45, 7) is 0.412. The molecule has 0 saturated carbocycles. The van der Waals surface area contributed by atoms with Gasteiger partial charge < -0.3 is 19.5 Å². The van der Waals surface area contributed by atoms with Gasteiger partial charge in [-0.25, -0.2) is 9.40 Å². The van der Waals surface area contributed by atoms with Gasteiger partial charge in [-0.15, -0.1) is 4.40 Å². The summed E-state index contributed by atoms with van der Waals surface area (Å²) in [5.74, 6) is -0.414. The normalized spacial score (nSPS) is 14.5. The average molecular weight is 435 g/mol. The fourth-order valence-electron chi connectivity index (χ4n) is 2.79. The van der Waals surface area contributed by atoms with Crippen molar-refractivity contribution in [1.29, 1.82) is 0 Å². The van der Waals surface area contributed by atoms with Crippen molar-refractivity contribution in [2.24, 2.45) is 9.50 Å². The third kappa shape index (κ3) is 4.51. The van der Waals surface area contributed by atoms with Gasteiger partial charge in [0, 0.05) is 12.7 Å². The summed E-state index contributed by atoms with van der Waals surface area (Å²) >= 11 is 0. The monoisotopic (exact) mass is 435 g/mol. The fraction of sp³-hybridized carbons (Fsp3) is 0.222. The molecule has 0 radical (unpaired) electrons. The van der Waals surface area contributed by atoms with Crippen LogP contribution in [0.5, 0.6) is 5.75 Å². The Bertz CT molecular complexity index is 1110. The van der Waals surface area contributed by atoms with Gasteiger partial charge in [0.2, 0.25) is 0 Å². The van der Waals surface area contributed by atoms with E-state index in [4.69, 9.17) is 9.47 Å². The van der Waals surface area contributed by atoms with Gasteiger partial charge in [0.1, 0.15) is 4.90 Å². The zero-order valence-electron chi connectivity index (χ0n) is 16.2. The molecule has 158 valence electrons. The number of sulfonamides is 1. The predicted octanol–water partition coefficient (Wildman–Crippen LogP) is -0.0545. The molecular formula is C18H19BFN3O6S. The fourth-order valence-corrected chi connectivity index (χ4v) is 4.03. The molecule has 3 rings (SSSR count). The van der Waals surface area contributed by atoms with Crippen molar-refractivity contribution in [2.75, 3.05) is 27.4 Å². The van der Waals surface area contributed by atoms with E-state index in [0.29, 0.717) is 5.56 Å². The number of hydrogen-bond acceptors (Lipinski definition) is 8. The second kappa shape index (κ2) is 8.92.